The Morgan fingerprint density at radius 2 is 1.54 bits per heavy atom. The molecule has 1 amide bonds. The van der Waals surface area contributed by atoms with Gasteiger partial charge in [0.25, 0.3) is 0 Å². The third kappa shape index (κ3) is 10.2. The van der Waals surface area contributed by atoms with Crippen LogP contribution in [-0.4, -0.2) is 62.0 Å². The summed E-state index contributed by atoms with van der Waals surface area (Å²) in [5.41, 5.74) is 3.05. The van der Waals surface area contributed by atoms with Crippen molar-refractivity contribution in [3.8, 4) is 0 Å². The van der Waals surface area contributed by atoms with Crippen LogP contribution >= 0.6 is 7.60 Å². The molecule has 0 fully saturated rings. The molecular formula is C28H39N2O8P. The minimum Gasteiger partial charge on any atom is -0.466 e. The molecule has 0 aliphatic heterocycles. The van der Waals surface area contributed by atoms with E-state index in [1.807, 2.05) is 31.2 Å². The molecule has 1 heterocycles. The summed E-state index contributed by atoms with van der Waals surface area (Å²) < 4.78 is 33.9. The molecule has 0 bridgehead atoms. The number of anilines is 1. The molecule has 39 heavy (non-hydrogen) atoms. The molecule has 0 spiro atoms. The van der Waals surface area contributed by atoms with Crippen molar-refractivity contribution in [2.24, 2.45) is 0 Å². The van der Waals surface area contributed by atoms with E-state index in [4.69, 9.17) is 18.5 Å². The van der Waals surface area contributed by atoms with Crippen molar-refractivity contribution in [3.63, 3.8) is 0 Å². The smallest absolute Gasteiger partial charge is 0.359 e. The average Bonchev–Trinajstić information content (AvgIpc) is 2.88. The van der Waals surface area contributed by atoms with Crippen molar-refractivity contribution >= 4 is 31.1 Å². The molecule has 0 saturated carbocycles. The minimum atomic E-state index is -3.37. The zero-order chi connectivity index (χ0) is 28.8. The number of rotatable bonds is 16. The molecule has 0 atom stereocenters. The highest BCUT2D eigenvalue weighted by Gasteiger charge is 2.29. The molecule has 2 aromatic rings. The average molecular weight is 563 g/mol. The summed E-state index contributed by atoms with van der Waals surface area (Å²) in [4.78, 5) is 44.1. The van der Waals surface area contributed by atoms with Gasteiger partial charge in [-0.3, -0.25) is 14.2 Å². The number of ether oxygens (including phenoxy) is 2. The minimum absolute atomic E-state index is 0.0322. The van der Waals surface area contributed by atoms with Gasteiger partial charge in [0.05, 0.1) is 38.3 Å². The van der Waals surface area contributed by atoms with Gasteiger partial charge in [-0.15, -0.1) is 0 Å². The molecule has 0 unspecified atom stereocenters. The van der Waals surface area contributed by atoms with Crippen LogP contribution in [0.1, 0.15) is 67.7 Å². The van der Waals surface area contributed by atoms with Gasteiger partial charge in [0.1, 0.15) is 6.42 Å². The van der Waals surface area contributed by atoms with E-state index < -0.39 is 31.9 Å². The highest BCUT2D eigenvalue weighted by atomic mass is 31.2. The number of pyridine rings is 1. The SMILES string of the molecule is CCOC(=O)CC(=O)N(CCCP(=O)(OCC)OCC)c1cc(Cc2ccc(C)cc2)cnc1C(=O)OCC. The van der Waals surface area contributed by atoms with Gasteiger partial charge in [-0.1, -0.05) is 29.8 Å². The molecular weight excluding hydrogens is 523 g/mol. The van der Waals surface area contributed by atoms with Gasteiger partial charge in [0.15, 0.2) is 5.69 Å². The monoisotopic (exact) mass is 562 g/mol. The molecule has 1 aromatic heterocycles. The maximum atomic E-state index is 13.4. The number of hydrogen-bond donors (Lipinski definition) is 0. The second-order valence-corrected chi connectivity index (χ2v) is 10.8. The Morgan fingerprint density at radius 3 is 2.13 bits per heavy atom. The maximum absolute atomic E-state index is 13.4. The van der Waals surface area contributed by atoms with Crippen molar-refractivity contribution in [1.82, 2.24) is 4.98 Å². The fourth-order valence-corrected chi connectivity index (χ4v) is 5.54. The first-order chi connectivity index (χ1) is 18.7. The number of carbonyl (C=O) groups is 3. The second-order valence-electron chi connectivity index (χ2n) is 8.64. The van der Waals surface area contributed by atoms with Crippen LogP contribution in [0.2, 0.25) is 0 Å². The van der Waals surface area contributed by atoms with Crippen LogP contribution in [0.4, 0.5) is 5.69 Å². The van der Waals surface area contributed by atoms with Crippen molar-refractivity contribution in [3.05, 3.63) is 58.9 Å². The summed E-state index contributed by atoms with van der Waals surface area (Å²) in [7, 11) is -3.37. The Hall–Kier alpha value is -3.07. The number of amides is 1. The predicted octanol–water partition coefficient (Wildman–Crippen LogP) is 5.10. The van der Waals surface area contributed by atoms with Gasteiger partial charge in [0, 0.05) is 12.7 Å². The lowest BCUT2D eigenvalue weighted by Crippen LogP contribution is -2.36. The van der Waals surface area contributed by atoms with E-state index >= 15 is 0 Å². The molecule has 0 radical (unpaired) electrons. The lowest BCUT2D eigenvalue weighted by molar-refractivity contribution is -0.145. The van der Waals surface area contributed by atoms with Crippen LogP contribution in [-0.2, 0) is 39.1 Å². The van der Waals surface area contributed by atoms with E-state index in [9.17, 15) is 18.9 Å². The molecule has 0 aliphatic carbocycles. The largest absolute Gasteiger partial charge is 0.466 e. The Labute approximate surface area is 230 Å². The fourth-order valence-electron chi connectivity index (χ4n) is 3.89. The predicted molar refractivity (Wildman–Crippen MR) is 148 cm³/mol. The molecule has 11 heteroatoms. The Morgan fingerprint density at radius 1 is 0.897 bits per heavy atom. The van der Waals surface area contributed by atoms with Crippen LogP contribution in [0.25, 0.3) is 0 Å². The van der Waals surface area contributed by atoms with Crippen molar-refractivity contribution in [2.75, 3.05) is 44.0 Å². The third-order valence-corrected chi connectivity index (χ3v) is 7.75. The van der Waals surface area contributed by atoms with E-state index in [0.29, 0.717) is 6.42 Å². The normalized spacial score (nSPS) is 11.2. The lowest BCUT2D eigenvalue weighted by Gasteiger charge is -2.26. The third-order valence-electron chi connectivity index (χ3n) is 5.58. The van der Waals surface area contributed by atoms with E-state index in [2.05, 4.69) is 4.98 Å². The van der Waals surface area contributed by atoms with E-state index in [1.54, 1.807) is 40.0 Å². The molecule has 0 N–H and O–H groups in total. The molecule has 0 saturated heterocycles. The Balaban J connectivity index is 2.48. The van der Waals surface area contributed by atoms with Gasteiger partial charge in [0.2, 0.25) is 5.91 Å². The second kappa shape index (κ2) is 16.1. The first-order valence-electron chi connectivity index (χ1n) is 13.2. The van der Waals surface area contributed by atoms with Gasteiger partial charge >= 0.3 is 19.5 Å². The quantitative estimate of drug-likeness (QED) is 0.156. The van der Waals surface area contributed by atoms with Crippen LogP contribution in [0.3, 0.4) is 0 Å². The summed E-state index contributed by atoms with van der Waals surface area (Å²) in [5.74, 6) is -1.98. The molecule has 0 aliphatic rings. The van der Waals surface area contributed by atoms with Crippen molar-refractivity contribution in [2.45, 2.75) is 53.9 Å². The topological polar surface area (TPSA) is 121 Å². The van der Waals surface area contributed by atoms with Crippen molar-refractivity contribution in [1.29, 1.82) is 0 Å². The van der Waals surface area contributed by atoms with E-state index in [0.717, 1.165) is 16.7 Å². The Kier molecular flexibility index (Phi) is 13.3. The van der Waals surface area contributed by atoms with Gasteiger partial charge in [-0.25, -0.2) is 9.78 Å². The zero-order valence-electron chi connectivity index (χ0n) is 23.4. The number of hydrogen-bond acceptors (Lipinski definition) is 9. The summed E-state index contributed by atoms with van der Waals surface area (Å²) >= 11 is 0. The van der Waals surface area contributed by atoms with Crippen LogP contribution in [0, 0.1) is 6.92 Å². The number of carbonyl (C=O) groups excluding carboxylic acids is 3. The highest BCUT2D eigenvalue weighted by molar-refractivity contribution is 7.53. The van der Waals surface area contributed by atoms with E-state index in [-0.39, 0.29) is 56.9 Å². The summed E-state index contributed by atoms with van der Waals surface area (Å²) in [6.07, 6.45) is 1.81. The van der Waals surface area contributed by atoms with Crippen molar-refractivity contribution < 1.29 is 37.5 Å². The zero-order valence-corrected chi connectivity index (χ0v) is 24.3. The van der Waals surface area contributed by atoms with Crippen LogP contribution in [0.15, 0.2) is 36.5 Å². The van der Waals surface area contributed by atoms with Crippen LogP contribution in [0.5, 0.6) is 0 Å². The van der Waals surface area contributed by atoms with Gasteiger partial charge < -0.3 is 23.4 Å². The highest BCUT2D eigenvalue weighted by Crippen LogP contribution is 2.48. The maximum Gasteiger partial charge on any atom is 0.359 e. The fraction of sp³-hybridized carbons (Fsp3) is 0.500. The number of aryl methyl sites for hydroxylation is 1. The summed E-state index contributed by atoms with van der Waals surface area (Å²) in [6.45, 7) is 9.46. The van der Waals surface area contributed by atoms with Crippen LogP contribution < -0.4 is 4.90 Å². The standard InChI is InChI=1S/C28H39N2O8P/c1-6-35-26(32)19-25(31)30(15-10-16-39(34,37-8-3)38-9-4)24-18-23(17-22-13-11-21(5)12-14-22)20-29-27(24)28(33)36-7-2/h11-14,18,20H,6-10,15-17,19H2,1-5H3. The van der Waals surface area contributed by atoms with E-state index in [1.165, 1.54) is 4.90 Å². The molecule has 1 aromatic carbocycles. The summed E-state index contributed by atoms with van der Waals surface area (Å²) in [5, 5.41) is 0. The van der Waals surface area contributed by atoms with Gasteiger partial charge in [-0.05, 0) is 64.7 Å². The number of aromatic nitrogens is 1. The molecule has 214 valence electrons. The molecule has 2 rings (SSSR count). The molecule has 10 nitrogen and oxygen atoms in total. The van der Waals surface area contributed by atoms with Gasteiger partial charge in [-0.2, -0.15) is 0 Å². The Bertz CT molecular complexity index is 1140. The number of esters is 2. The lowest BCUT2D eigenvalue weighted by atomic mass is 10.0. The number of nitrogens with zero attached hydrogens (tertiary/aromatic N) is 2. The summed E-state index contributed by atoms with van der Waals surface area (Å²) in [6, 6.07) is 9.70. The first kappa shape index (κ1) is 32.1. The first-order valence-corrected chi connectivity index (χ1v) is 14.9. The number of benzene rings is 1.